The van der Waals surface area contributed by atoms with Crippen molar-refractivity contribution in [3.63, 3.8) is 0 Å². The van der Waals surface area contributed by atoms with E-state index in [1.54, 1.807) is 152 Å². The molecule has 264 valence electrons. The topological polar surface area (TPSA) is 141 Å². The van der Waals surface area contributed by atoms with E-state index in [1.165, 1.54) is 0 Å². The summed E-state index contributed by atoms with van der Waals surface area (Å²) in [5.41, 5.74) is 3.35. The van der Waals surface area contributed by atoms with Crippen LogP contribution in [0, 0.1) is 0 Å². The summed E-state index contributed by atoms with van der Waals surface area (Å²) >= 11 is 0. The molecule has 0 aliphatic carbocycles. The van der Waals surface area contributed by atoms with E-state index in [2.05, 4.69) is 25.9 Å². The van der Waals surface area contributed by atoms with Crippen LogP contribution in [0.1, 0.15) is 31.1 Å². The van der Waals surface area contributed by atoms with Crippen LogP contribution >= 0.6 is 0 Å². The van der Waals surface area contributed by atoms with Gasteiger partial charge in [-0.05, 0) is 109 Å². The molecule has 6 aromatic carbocycles. The Balaban J connectivity index is 1.07. The minimum atomic E-state index is -0.459. The zero-order valence-electron chi connectivity index (χ0n) is 28.5. The molecule has 0 unspecified atom stereocenters. The summed E-state index contributed by atoms with van der Waals surface area (Å²) in [6.07, 6.45) is 0. The summed E-state index contributed by atoms with van der Waals surface area (Å²) in [5, 5.41) is 9.75. The molecular formula is C43H31N5O6. The molecule has 1 aromatic heterocycles. The number of hydrogen-bond acceptors (Lipinski definition) is 11. The molecule has 7 rings (SSSR count). The number of ether oxygens (including phenoxy) is 3. The van der Waals surface area contributed by atoms with Gasteiger partial charge < -0.3 is 30.2 Å². The maximum atomic E-state index is 12.5. The molecule has 1 heterocycles. The monoisotopic (exact) mass is 713 g/mol. The van der Waals surface area contributed by atoms with E-state index in [0.717, 1.165) is 0 Å². The summed E-state index contributed by atoms with van der Waals surface area (Å²) in [7, 11) is 0. The molecule has 11 nitrogen and oxygen atoms in total. The molecule has 0 aliphatic heterocycles. The van der Waals surface area contributed by atoms with Crippen LogP contribution < -0.4 is 30.2 Å². The number of aromatic nitrogens is 2. The van der Waals surface area contributed by atoms with Crippen molar-refractivity contribution in [2.75, 3.05) is 16.0 Å². The number of carbonyl (C=O) groups excluding carboxylic acids is 3. The van der Waals surface area contributed by atoms with Gasteiger partial charge in [-0.1, -0.05) is 54.6 Å². The standard InChI is InChI=1S/C43H31N5O6/c49-40(29-10-4-1-5-11-29)52-35-22-16-32(17-23-35)44-38-28-39(45-33-18-24-36(25-19-33)53-41(50)30-12-6-2-7-13-30)48-43(47-38)46-34-20-26-37(27-21-34)54-42(51)31-14-8-3-9-15-31/h1-28H,(H3,44,45,46,47,48). The van der Waals surface area contributed by atoms with Crippen LogP contribution in [0.4, 0.5) is 34.6 Å². The van der Waals surface area contributed by atoms with Crippen LogP contribution in [-0.4, -0.2) is 27.9 Å². The van der Waals surface area contributed by atoms with Crippen LogP contribution in [0.5, 0.6) is 17.2 Å². The lowest BCUT2D eigenvalue weighted by Gasteiger charge is -2.13. The molecular weight excluding hydrogens is 683 g/mol. The number of nitrogens with one attached hydrogen (secondary N) is 3. The van der Waals surface area contributed by atoms with E-state index in [1.807, 2.05) is 18.2 Å². The Kier molecular flexibility index (Phi) is 10.6. The fourth-order valence-electron chi connectivity index (χ4n) is 5.10. The molecule has 0 spiro atoms. The number of carbonyl (C=O) groups is 3. The average molecular weight is 714 g/mol. The first-order chi connectivity index (χ1) is 26.4. The first-order valence-electron chi connectivity index (χ1n) is 16.8. The molecule has 3 N–H and O–H groups in total. The first-order valence-corrected chi connectivity index (χ1v) is 16.8. The molecule has 0 saturated carbocycles. The van der Waals surface area contributed by atoms with Crippen molar-refractivity contribution in [2.24, 2.45) is 0 Å². The lowest BCUT2D eigenvalue weighted by Crippen LogP contribution is -2.08. The molecule has 0 fully saturated rings. The Bertz CT molecular complexity index is 2080. The summed E-state index contributed by atoms with van der Waals surface area (Å²) in [5.74, 6) is 0.944. The van der Waals surface area contributed by atoms with E-state index in [9.17, 15) is 14.4 Å². The van der Waals surface area contributed by atoms with Crippen LogP contribution in [0.25, 0.3) is 0 Å². The van der Waals surface area contributed by atoms with Gasteiger partial charge in [-0.3, -0.25) is 0 Å². The highest BCUT2D eigenvalue weighted by Gasteiger charge is 2.12. The third-order valence-corrected chi connectivity index (χ3v) is 7.75. The molecule has 0 radical (unpaired) electrons. The Morgan fingerprint density at radius 1 is 0.370 bits per heavy atom. The Morgan fingerprint density at radius 3 is 0.981 bits per heavy atom. The Hall–Kier alpha value is -7.79. The molecule has 0 atom stereocenters. The smallest absolute Gasteiger partial charge is 0.343 e. The summed E-state index contributed by atoms with van der Waals surface area (Å²) < 4.78 is 16.5. The fraction of sp³-hybridized carbons (Fsp3) is 0. The van der Waals surface area contributed by atoms with Gasteiger partial charge >= 0.3 is 17.9 Å². The molecule has 0 aliphatic rings. The Morgan fingerprint density at radius 2 is 0.667 bits per heavy atom. The zero-order chi connectivity index (χ0) is 37.1. The number of rotatable bonds is 12. The fourth-order valence-corrected chi connectivity index (χ4v) is 5.10. The third kappa shape index (κ3) is 9.30. The SMILES string of the molecule is O=C(Oc1ccc(Nc2cc(Nc3ccc(OC(=O)c4ccccc4)cc3)nc(Nc3ccc(OC(=O)c4ccccc4)cc3)n2)cc1)c1ccccc1. The highest BCUT2D eigenvalue weighted by molar-refractivity contribution is 5.92. The maximum absolute atomic E-state index is 12.5. The van der Waals surface area contributed by atoms with Gasteiger partial charge in [0.2, 0.25) is 5.95 Å². The van der Waals surface area contributed by atoms with Crippen molar-refractivity contribution in [3.05, 3.63) is 187 Å². The van der Waals surface area contributed by atoms with Crippen LogP contribution in [0.2, 0.25) is 0 Å². The molecule has 0 bridgehead atoms. The molecule has 0 amide bonds. The van der Waals surface area contributed by atoms with Gasteiger partial charge in [-0.2, -0.15) is 9.97 Å². The second kappa shape index (κ2) is 16.5. The summed E-state index contributed by atoms with van der Waals surface area (Å²) in [6.45, 7) is 0. The normalized spacial score (nSPS) is 10.4. The minimum absolute atomic E-state index is 0.262. The van der Waals surface area contributed by atoms with Gasteiger partial charge in [0, 0.05) is 23.1 Å². The van der Waals surface area contributed by atoms with Gasteiger partial charge in [0.25, 0.3) is 0 Å². The lowest BCUT2D eigenvalue weighted by atomic mass is 10.2. The van der Waals surface area contributed by atoms with Gasteiger partial charge in [0.15, 0.2) is 0 Å². The van der Waals surface area contributed by atoms with Crippen molar-refractivity contribution in [3.8, 4) is 17.2 Å². The van der Waals surface area contributed by atoms with Crippen LogP contribution in [0.15, 0.2) is 170 Å². The van der Waals surface area contributed by atoms with E-state index in [-0.39, 0.29) is 5.95 Å². The lowest BCUT2D eigenvalue weighted by molar-refractivity contribution is 0.0725. The highest BCUT2D eigenvalue weighted by atomic mass is 16.5. The predicted molar refractivity (Wildman–Crippen MR) is 205 cm³/mol. The van der Waals surface area contributed by atoms with E-state index in [0.29, 0.717) is 62.6 Å². The number of anilines is 6. The largest absolute Gasteiger partial charge is 0.423 e. The molecule has 54 heavy (non-hydrogen) atoms. The zero-order valence-corrected chi connectivity index (χ0v) is 28.5. The number of hydrogen-bond donors (Lipinski definition) is 3. The van der Waals surface area contributed by atoms with Gasteiger partial charge in [-0.15, -0.1) is 0 Å². The summed E-state index contributed by atoms with van der Waals surface area (Å²) in [4.78, 5) is 46.8. The predicted octanol–water partition coefficient (Wildman–Crippen LogP) is 9.36. The van der Waals surface area contributed by atoms with Crippen LogP contribution in [-0.2, 0) is 0 Å². The van der Waals surface area contributed by atoms with E-state index < -0.39 is 17.9 Å². The van der Waals surface area contributed by atoms with Gasteiger partial charge in [0.05, 0.1) is 16.7 Å². The van der Waals surface area contributed by atoms with Crippen molar-refractivity contribution < 1.29 is 28.6 Å². The van der Waals surface area contributed by atoms with Crippen molar-refractivity contribution in [2.45, 2.75) is 0 Å². The number of esters is 3. The Labute approximate surface area is 310 Å². The second-order valence-corrected chi connectivity index (χ2v) is 11.7. The number of benzene rings is 6. The molecule has 0 saturated heterocycles. The van der Waals surface area contributed by atoms with Gasteiger partial charge in [0.1, 0.15) is 28.9 Å². The van der Waals surface area contributed by atoms with Crippen molar-refractivity contribution >= 4 is 52.6 Å². The third-order valence-electron chi connectivity index (χ3n) is 7.75. The average Bonchev–Trinajstić information content (AvgIpc) is 3.21. The highest BCUT2D eigenvalue weighted by Crippen LogP contribution is 2.27. The van der Waals surface area contributed by atoms with Gasteiger partial charge in [-0.25, -0.2) is 14.4 Å². The minimum Gasteiger partial charge on any atom is -0.423 e. The van der Waals surface area contributed by atoms with E-state index in [4.69, 9.17) is 14.2 Å². The van der Waals surface area contributed by atoms with Crippen molar-refractivity contribution in [1.82, 2.24) is 9.97 Å². The maximum Gasteiger partial charge on any atom is 0.343 e. The first kappa shape index (κ1) is 34.6. The quantitative estimate of drug-likeness (QED) is 0.0824. The van der Waals surface area contributed by atoms with Crippen molar-refractivity contribution in [1.29, 1.82) is 0 Å². The van der Waals surface area contributed by atoms with Crippen LogP contribution in [0.3, 0.4) is 0 Å². The number of nitrogens with zero attached hydrogens (tertiary/aromatic N) is 2. The summed E-state index contributed by atoms with van der Waals surface area (Å²) in [6, 6.07) is 48.6. The molecule has 7 aromatic rings. The molecule has 11 heteroatoms. The second-order valence-electron chi connectivity index (χ2n) is 11.7. The van der Waals surface area contributed by atoms with E-state index >= 15 is 0 Å².